The first-order valence-corrected chi connectivity index (χ1v) is 9.96. The lowest BCUT2D eigenvalue weighted by molar-refractivity contribution is -0.121. The number of nitrogens with one attached hydrogen (secondary N) is 2. The number of hydrazone groups is 1. The van der Waals surface area contributed by atoms with Gasteiger partial charge in [0, 0.05) is 19.7 Å². The van der Waals surface area contributed by atoms with Crippen LogP contribution < -0.4 is 15.5 Å². The lowest BCUT2D eigenvalue weighted by Crippen LogP contribution is -2.36. The third-order valence-corrected chi connectivity index (χ3v) is 5.59. The second kappa shape index (κ2) is 9.80. The van der Waals surface area contributed by atoms with Gasteiger partial charge in [-0.15, -0.1) is 0 Å². The predicted octanol–water partition coefficient (Wildman–Crippen LogP) is 1.42. The monoisotopic (exact) mass is 418 g/mol. The van der Waals surface area contributed by atoms with E-state index < -0.39 is 22.5 Å². The fraction of sp³-hybridized carbons (Fsp3) is 0.211. The van der Waals surface area contributed by atoms with Gasteiger partial charge in [0.05, 0.1) is 24.8 Å². The van der Waals surface area contributed by atoms with Crippen LogP contribution >= 0.6 is 0 Å². The molecule has 0 spiro atoms. The Balaban J connectivity index is 1.94. The van der Waals surface area contributed by atoms with Gasteiger partial charge in [-0.3, -0.25) is 9.59 Å². The fourth-order valence-electron chi connectivity index (χ4n) is 2.28. The number of rotatable bonds is 8. The van der Waals surface area contributed by atoms with Crippen LogP contribution in [0.2, 0.25) is 0 Å². The van der Waals surface area contributed by atoms with E-state index in [1.54, 1.807) is 31.4 Å². The second-order valence-electron chi connectivity index (χ2n) is 6.03. The van der Waals surface area contributed by atoms with Crippen LogP contribution in [-0.4, -0.2) is 51.5 Å². The summed E-state index contributed by atoms with van der Waals surface area (Å²) in [6, 6.07) is 12.7. The smallest absolute Gasteiger partial charge is 0.255 e. The molecule has 29 heavy (non-hydrogen) atoms. The highest BCUT2D eigenvalue weighted by Gasteiger charge is 2.22. The third kappa shape index (κ3) is 6.40. The van der Waals surface area contributed by atoms with Crippen molar-refractivity contribution in [1.82, 2.24) is 9.73 Å². The number of hydrogen-bond acceptors (Lipinski definition) is 6. The lowest BCUT2D eigenvalue weighted by Gasteiger charge is -2.16. The van der Waals surface area contributed by atoms with Gasteiger partial charge in [0.25, 0.3) is 5.91 Å². The van der Waals surface area contributed by atoms with Crippen LogP contribution in [-0.2, 0) is 19.6 Å². The zero-order chi connectivity index (χ0) is 21.4. The molecule has 2 rings (SSSR count). The molecule has 2 aromatic carbocycles. The zero-order valence-corrected chi connectivity index (χ0v) is 17.1. The van der Waals surface area contributed by atoms with Gasteiger partial charge in [-0.2, -0.15) is 9.41 Å². The predicted molar refractivity (Wildman–Crippen MR) is 109 cm³/mol. The number of anilines is 1. The first-order valence-electron chi connectivity index (χ1n) is 8.52. The molecule has 2 N–H and O–H groups in total. The molecule has 0 radical (unpaired) electrons. The average Bonchev–Trinajstić information content (AvgIpc) is 2.68. The van der Waals surface area contributed by atoms with Gasteiger partial charge < -0.3 is 10.1 Å². The Morgan fingerprint density at radius 2 is 1.72 bits per heavy atom. The zero-order valence-electron chi connectivity index (χ0n) is 16.2. The number of amides is 2. The van der Waals surface area contributed by atoms with Crippen LogP contribution in [0.25, 0.3) is 0 Å². The van der Waals surface area contributed by atoms with E-state index in [1.807, 2.05) is 0 Å². The van der Waals surface area contributed by atoms with E-state index in [9.17, 15) is 18.0 Å². The summed E-state index contributed by atoms with van der Waals surface area (Å²) in [6.07, 6.45) is 1.44. The van der Waals surface area contributed by atoms with Gasteiger partial charge in [0.15, 0.2) is 0 Å². The molecular formula is C19H22N4O5S. The molecule has 0 saturated carbocycles. The van der Waals surface area contributed by atoms with Crippen LogP contribution in [0.1, 0.15) is 12.5 Å². The summed E-state index contributed by atoms with van der Waals surface area (Å²) in [4.78, 5) is 23.0. The number of likely N-dealkylation sites (N-methyl/N-ethyl adjacent to an activating group) is 1. The SMILES string of the molecule is COc1ccc(C=NNC(=O)CN(C)S(=O)(=O)c2ccc(NC(C)=O)cc2)cc1. The number of ether oxygens (including phenoxy) is 1. The van der Waals surface area contributed by atoms with E-state index in [1.165, 1.54) is 44.5 Å². The highest BCUT2D eigenvalue weighted by Crippen LogP contribution is 2.17. The maximum Gasteiger partial charge on any atom is 0.255 e. The minimum atomic E-state index is -3.87. The molecule has 0 atom stereocenters. The van der Waals surface area contributed by atoms with Crippen molar-refractivity contribution in [2.24, 2.45) is 5.10 Å². The Labute approximate surface area is 169 Å². The second-order valence-corrected chi connectivity index (χ2v) is 8.08. The number of carbonyl (C=O) groups is 2. The molecule has 0 heterocycles. The number of sulfonamides is 1. The van der Waals surface area contributed by atoms with Gasteiger partial charge in [0.1, 0.15) is 5.75 Å². The molecule has 0 fully saturated rings. The molecule has 0 aliphatic heterocycles. The van der Waals surface area contributed by atoms with Crippen LogP contribution in [0.3, 0.4) is 0 Å². The third-order valence-electron chi connectivity index (χ3n) is 3.77. The Kier molecular flexibility index (Phi) is 7.46. The summed E-state index contributed by atoms with van der Waals surface area (Å²) >= 11 is 0. The standard InChI is InChI=1S/C19H22N4O5S/c1-14(24)21-16-6-10-18(11-7-16)29(26,27)23(2)13-19(25)22-20-12-15-4-8-17(28-3)9-5-15/h4-12H,13H2,1-3H3,(H,21,24)(H,22,25). The fourth-order valence-corrected chi connectivity index (χ4v) is 3.41. The number of hydrogen-bond donors (Lipinski definition) is 2. The number of carbonyl (C=O) groups excluding carboxylic acids is 2. The molecule has 0 aromatic heterocycles. The summed E-state index contributed by atoms with van der Waals surface area (Å²) in [5.74, 6) is -0.150. The van der Waals surface area contributed by atoms with E-state index >= 15 is 0 Å². The molecule has 154 valence electrons. The van der Waals surface area contributed by atoms with Crippen molar-refractivity contribution in [3.05, 3.63) is 54.1 Å². The summed E-state index contributed by atoms with van der Waals surface area (Å²) in [7, 11) is -1.01. The normalized spacial score (nSPS) is 11.4. The number of benzene rings is 2. The van der Waals surface area contributed by atoms with E-state index in [0.29, 0.717) is 11.4 Å². The van der Waals surface area contributed by atoms with Crippen molar-refractivity contribution < 1.29 is 22.7 Å². The molecule has 0 aliphatic rings. The van der Waals surface area contributed by atoms with Gasteiger partial charge in [-0.1, -0.05) is 0 Å². The Bertz CT molecular complexity index is 986. The van der Waals surface area contributed by atoms with Gasteiger partial charge in [-0.05, 0) is 54.1 Å². The van der Waals surface area contributed by atoms with Crippen LogP contribution in [0, 0.1) is 0 Å². The highest BCUT2D eigenvalue weighted by atomic mass is 32.2. The van der Waals surface area contributed by atoms with Crippen molar-refractivity contribution >= 4 is 33.7 Å². The Morgan fingerprint density at radius 1 is 1.10 bits per heavy atom. The highest BCUT2D eigenvalue weighted by molar-refractivity contribution is 7.89. The lowest BCUT2D eigenvalue weighted by atomic mass is 10.2. The molecule has 0 unspecified atom stereocenters. The van der Waals surface area contributed by atoms with Crippen LogP contribution in [0.5, 0.6) is 5.75 Å². The largest absolute Gasteiger partial charge is 0.497 e. The maximum absolute atomic E-state index is 12.6. The minimum absolute atomic E-state index is 0.00337. The quantitative estimate of drug-likeness (QED) is 0.497. The number of methoxy groups -OCH3 is 1. The molecule has 9 nitrogen and oxygen atoms in total. The van der Waals surface area contributed by atoms with E-state index in [2.05, 4.69) is 15.8 Å². The van der Waals surface area contributed by atoms with Gasteiger partial charge in [0.2, 0.25) is 15.9 Å². The van der Waals surface area contributed by atoms with Crippen molar-refractivity contribution in [1.29, 1.82) is 0 Å². The molecule has 2 aromatic rings. The number of nitrogens with zero attached hydrogens (tertiary/aromatic N) is 2. The molecule has 0 bridgehead atoms. The van der Waals surface area contributed by atoms with Gasteiger partial charge in [-0.25, -0.2) is 13.8 Å². The molecule has 10 heteroatoms. The summed E-state index contributed by atoms with van der Waals surface area (Å²) in [5.41, 5.74) is 3.51. The van der Waals surface area contributed by atoms with E-state index in [4.69, 9.17) is 4.74 Å². The van der Waals surface area contributed by atoms with Crippen molar-refractivity contribution in [2.75, 3.05) is 26.0 Å². The van der Waals surface area contributed by atoms with E-state index in [-0.39, 0.29) is 10.8 Å². The minimum Gasteiger partial charge on any atom is -0.497 e. The van der Waals surface area contributed by atoms with Crippen molar-refractivity contribution in [2.45, 2.75) is 11.8 Å². The summed E-state index contributed by atoms with van der Waals surface area (Å²) in [5, 5.41) is 6.37. The maximum atomic E-state index is 12.6. The Hall–Kier alpha value is -3.24. The summed E-state index contributed by atoms with van der Waals surface area (Å²) < 4.78 is 31.1. The van der Waals surface area contributed by atoms with Crippen molar-refractivity contribution in [3.63, 3.8) is 0 Å². The first kappa shape index (κ1) is 22.1. The van der Waals surface area contributed by atoms with Crippen LogP contribution in [0.4, 0.5) is 5.69 Å². The molecular weight excluding hydrogens is 396 g/mol. The molecule has 0 aliphatic carbocycles. The molecule has 2 amide bonds. The van der Waals surface area contributed by atoms with Crippen molar-refractivity contribution in [3.8, 4) is 5.75 Å². The Morgan fingerprint density at radius 3 is 2.28 bits per heavy atom. The average molecular weight is 418 g/mol. The first-order chi connectivity index (χ1) is 13.7. The van der Waals surface area contributed by atoms with Crippen LogP contribution in [0.15, 0.2) is 58.5 Å². The summed E-state index contributed by atoms with van der Waals surface area (Å²) in [6.45, 7) is 0.948. The van der Waals surface area contributed by atoms with E-state index in [0.717, 1.165) is 9.87 Å². The topological polar surface area (TPSA) is 117 Å². The molecule has 0 saturated heterocycles. The van der Waals surface area contributed by atoms with Gasteiger partial charge >= 0.3 is 0 Å².